The van der Waals surface area contributed by atoms with E-state index in [2.05, 4.69) is 11.3 Å². The zero-order chi connectivity index (χ0) is 10.5. The van der Waals surface area contributed by atoms with Crippen LogP contribution in [-0.4, -0.2) is 26.4 Å². The third kappa shape index (κ3) is 7.60. The molecule has 0 fully saturated rings. The third-order valence-corrected chi connectivity index (χ3v) is 2.16. The van der Waals surface area contributed by atoms with Crippen molar-refractivity contribution in [1.29, 1.82) is 0 Å². The van der Waals surface area contributed by atoms with Crippen molar-refractivity contribution in [3.63, 3.8) is 0 Å². The second kappa shape index (κ2) is 5.08. The Morgan fingerprint density at radius 3 is 2.54 bits per heavy atom. The summed E-state index contributed by atoms with van der Waals surface area (Å²) < 4.78 is 28.4. The highest BCUT2D eigenvalue weighted by molar-refractivity contribution is 6.57. The Labute approximate surface area is 76.5 Å². The first-order valence-electron chi connectivity index (χ1n) is 3.76. The molecular formula is C7H12F2O3Si. The van der Waals surface area contributed by atoms with Crippen LogP contribution in [0.1, 0.15) is 13.3 Å². The molecule has 0 rings (SSSR count). The van der Waals surface area contributed by atoms with Crippen LogP contribution in [0.2, 0.25) is 6.04 Å². The lowest BCUT2D eigenvalue weighted by atomic mass is 10.4. The van der Waals surface area contributed by atoms with Gasteiger partial charge in [-0.1, -0.05) is 6.58 Å². The van der Waals surface area contributed by atoms with Crippen molar-refractivity contribution >= 4 is 15.0 Å². The van der Waals surface area contributed by atoms with Crippen LogP contribution in [0, 0.1) is 0 Å². The minimum Gasteiger partial charge on any atom is -0.462 e. The van der Waals surface area contributed by atoms with Gasteiger partial charge in [0, 0.05) is 11.6 Å². The lowest BCUT2D eigenvalue weighted by molar-refractivity contribution is -0.138. The average Bonchev–Trinajstić information content (AvgIpc) is 1.95. The molecule has 0 aliphatic heterocycles. The number of halogens is 2. The van der Waals surface area contributed by atoms with Gasteiger partial charge in [-0.2, -0.15) is 0 Å². The highest BCUT2D eigenvalue weighted by atomic mass is 28.4. The molecule has 0 spiro atoms. The molecule has 13 heavy (non-hydrogen) atoms. The second-order valence-corrected chi connectivity index (χ2v) is 4.52. The monoisotopic (exact) mass is 210 g/mol. The van der Waals surface area contributed by atoms with Crippen LogP contribution in [0.3, 0.4) is 0 Å². The Kier molecular flexibility index (Phi) is 4.79. The normalized spacial score (nSPS) is 11.1. The predicted molar refractivity (Wildman–Crippen MR) is 45.4 cm³/mol. The van der Waals surface area contributed by atoms with Crippen molar-refractivity contribution in [2.45, 2.75) is 19.4 Å². The second-order valence-electron chi connectivity index (χ2n) is 2.69. The van der Waals surface area contributed by atoms with Crippen LogP contribution in [0.15, 0.2) is 12.2 Å². The summed E-state index contributed by atoms with van der Waals surface area (Å²) in [4.78, 5) is 18.8. The van der Waals surface area contributed by atoms with Gasteiger partial charge in [0.05, 0.1) is 6.61 Å². The highest BCUT2D eigenvalue weighted by Crippen LogP contribution is 2.11. The van der Waals surface area contributed by atoms with Crippen molar-refractivity contribution < 1.29 is 22.5 Å². The molecule has 0 amide bonds. The topological polar surface area (TPSA) is 46.5 Å². The molecule has 0 bridgehead atoms. The fourth-order valence-electron chi connectivity index (χ4n) is 0.573. The van der Waals surface area contributed by atoms with E-state index in [4.69, 9.17) is 4.80 Å². The van der Waals surface area contributed by atoms with Crippen molar-refractivity contribution in [1.82, 2.24) is 0 Å². The van der Waals surface area contributed by atoms with Gasteiger partial charge in [0.2, 0.25) is 0 Å². The molecule has 0 aliphatic carbocycles. The number of hydrogen-bond donors (Lipinski definition) is 1. The molecular weight excluding hydrogens is 198 g/mol. The van der Waals surface area contributed by atoms with Crippen molar-refractivity contribution in [2.24, 2.45) is 0 Å². The van der Waals surface area contributed by atoms with E-state index in [1.165, 1.54) is 6.92 Å². The number of rotatable bonds is 5. The largest absolute Gasteiger partial charge is 0.575 e. The lowest BCUT2D eigenvalue weighted by Crippen LogP contribution is -2.22. The fraction of sp³-hybridized carbons (Fsp3) is 0.571. The quantitative estimate of drug-likeness (QED) is 0.245. The highest BCUT2D eigenvalue weighted by Gasteiger charge is 2.32. The van der Waals surface area contributed by atoms with Gasteiger partial charge in [0.1, 0.15) is 0 Å². The molecule has 0 aromatic heterocycles. The number of esters is 1. The summed E-state index contributed by atoms with van der Waals surface area (Å²) in [5, 5.41) is 0. The Morgan fingerprint density at radius 1 is 1.62 bits per heavy atom. The maximum absolute atomic E-state index is 11.9. The Bertz CT molecular complexity index is 200. The fourth-order valence-corrected chi connectivity index (χ4v) is 1.14. The molecule has 0 aromatic rings. The van der Waals surface area contributed by atoms with Gasteiger partial charge < -0.3 is 9.53 Å². The van der Waals surface area contributed by atoms with Crippen LogP contribution in [0.25, 0.3) is 0 Å². The Hall–Kier alpha value is -0.753. The SMILES string of the molecule is C=C(C)C(=O)OCCC[Si](O)(F)F. The zero-order valence-corrected chi connectivity index (χ0v) is 8.35. The summed E-state index contributed by atoms with van der Waals surface area (Å²) >= 11 is 0. The maximum atomic E-state index is 11.9. The first-order chi connectivity index (χ1) is 5.83. The Balaban J connectivity index is 3.47. The molecule has 3 nitrogen and oxygen atoms in total. The molecule has 1 N–H and O–H groups in total. The van der Waals surface area contributed by atoms with E-state index in [1.807, 2.05) is 0 Å². The lowest BCUT2D eigenvalue weighted by Gasteiger charge is -2.05. The van der Waals surface area contributed by atoms with Crippen LogP contribution in [0.4, 0.5) is 8.22 Å². The van der Waals surface area contributed by atoms with E-state index in [9.17, 15) is 13.0 Å². The maximum Gasteiger partial charge on any atom is 0.575 e. The van der Waals surface area contributed by atoms with Crippen LogP contribution < -0.4 is 0 Å². The van der Waals surface area contributed by atoms with E-state index in [-0.39, 0.29) is 18.6 Å². The van der Waals surface area contributed by atoms with Crippen molar-refractivity contribution in [2.75, 3.05) is 6.61 Å². The molecule has 0 aromatic carbocycles. The van der Waals surface area contributed by atoms with Gasteiger partial charge in [-0.05, 0) is 13.3 Å². The summed E-state index contributed by atoms with van der Waals surface area (Å²) in [7, 11) is -4.97. The molecule has 0 unspecified atom stereocenters. The first-order valence-corrected chi connectivity index (χ1v) is 5.67. The molecule has 0 saturated heterocycles. The Morgan fingerprint density at radius 2 is 2.15 bits per heavy atom. The van der Waals surface area contributed by atoms with Crippen LogP contribution in [0.5, 0.6) is 0 Å². The number of hydrogen-bond acceptors (Lipinski definition) is 3. The molecule has 0 atom stereocenters. The molecule has 0 aliphatic rings. The average molecular weight is 210 g/mol. The van der Waals surface area contributed by atoms with Gasteiger partial charge in [0.15, 0.2) is 0 Å². The summed E-state index contributed by atoms with van der Waals surface area (Å²) in [5.41, 5.74) is 0.230. The van der Waals surface area contributed by atoms with Gasteiger partial charge >= 0.3 is 15.0 Å². The van der Waals surface area contributed by atoms with Gasteiger partial charge in [-0.15, -0.1) is 0 Å². The summed E-state index contributed by atoms with van der Waals surface area (Å²) in [6.45, 7) is 4.69. The number of ether oxygens (including phenoxy) is 1. The van der Waals surface area contributed by atoms with Gasteiger partial charge in [0.25, 0.3) is 0 Å². The summed E-state index contributed by atoms with van der Waals surface area (Å²) in [6, 6.07) is -0.573. The molecule has 76 valence electrons. The minimum absolute atomic E-state index is 0.0191. The van der Waals surface area contributed by atoms with Crippen molar-refractivity contribution in [3.05, 3.63) is 12.2 Å². The van der Waals surface area contributed by atoms with Gasteiger partial charge in [-0.3, -0.25) is 0 Å². The molecule has 0 radical (unpaired) electrons. The zero-order valence-electron chi connectivity index (χ0n) is 7.35. The van der Waals surface area contributed by atoms with Crippen LogP contribution in [-0.2, 0) is 9.53 Å². The van der Waals surface area contributed by atoms with E-state index in [0.717, 1.165) is 0 Å². The number of carbonyl (C=O) groups excluding carboxylic acids is 1. The molecule has 6 heteroatoms. The first kappa shape index (κ1) is 12.2. The summed E-state index contributed by atoms with van der Waals surface area (Å²) in [6.07, 6.45) is -0.0191. The van der Waals surface area contributed by atoms with E-state index in [1.54, 1.807) is 0 Å². The van der Waals surface area contributed by atoms with E-state index in [0.29, 0.717) is 0 Å². The van der Waals surface area contributed by atoms with Crippen LogP contribution >= 0.6 is 0 Å². The minimum atomic E-state index is -4.97. The summed E-state index contributed by atoms with van der Waals surface area (Å²) in [5.74, 6) is -0.595. The molecule has 0 heterocycles. The van der Waals surface area contributed by atoms with Gasteiger partial charge in [-0.25, -0.2) is 13.0 Å². The standard InChI is InChI=1S/C7H12F2O3Si/c1-6(2)7(10)12-4-3-5-13(8,9)11/h11H,1,3-5H2,2H3. The predicted octanol–water partition coefficient (Wildman–Crippen LogP) is 1.37. The smallest absolute Gasteiger partial charge is 0.462 e. The van der Waals surface area contributed by atoms with E-state index >= 15 is 0 Å². The third-order valence-electron chi connectivity index (χ3n) is 1.20. The van der Waals surface area contributed by atoms with Crippen molar-refractivity contribution in [3.8, 4) is 0 Å². The number of carbonyl (C=O) groups is 1. The molecule has 0 saturated carbocycles. The van der Waals surface area contributed by atoms with E-state index < -0.39 is 21.0 Å².